The van der Waals surface area contributed by atoms with E-state index in [9.17, 15) is 0 Å². The van der Waals surface area contributed by atoms with E-state index in [1.807, 2.05) is 6.07 Å². The molecule has 0 radical (unpaired) electrons. The molecule has 2 aromatic rings. The summed E-state index contributed by atoms with van der Waals surface area (Å²) in [5, 5.41) is 9.01. The van der Waals surface area contributed by atoms with Crippen molar-refractivity contribution in [3.05, 3.63) is 47.9 Å². The molecule has 2 heterocycles. The molecule has 1 aliphatic heterocycles. The summed E-state index contributed by atoms with van der Waals surface area (Å²) < 4.78 is 5.38. The fraction of sp³-hybridized carbons (Fsp3) is 0.400. The van der Waals surface area contributed by atoms with E-state index in [-0.39, 0.29) is 6.61 Å². The van der Waals surface area contributed by atoms with Crippen molar-refractivity contribution in [1.29, 1.82) is 0 Å². The quantitative estimate of drug-likeness (QED) is 0.914. The topological polar surface area (TPSA) is 52.7 Å². The first-order chi connectivity index (χ1) is 9.85. The second kappa shape index (κ2) is 6.07. The van der Waals surface area contributed by atoms with Crippen molar-refractivity contribution < 1.29 is 9.52 Å². The van der Waals surface area contributed by atoms with Gasteiger partial charge in [-0.1, -0.05) is 30.3 Å². The van der Waals surface area contributed by atoms with Gasteiger partial charge in [-0.2, -0.15) is 4.98 Å². The van der Waals surface area contributed by atoms with Gasteiger partial charge >= 0.3 is 0 Å². The fourth-order valence-electron chi connectivity index (χ4n) is 2.45. The summed E-state index contributed by atoms with van der Waals surface area (Å²) in [5.41, 5.74) is 1.94. The Bertz CT molecular complexity index is 533. The number of hydrogen-bond acceptors (Lipinski definition) is 5. The second-order valence-corrected chi connectivity index (χ2v) is 5.03. The van der Waals surface area contributed by atoms with Crippen LogP contribution in [0.15, 0.2) is 41.0 Å². The molecular formula is C15H19N3O2. The van der Waals surface area contributed by atoms with Gasteiger partial charge in [-0.25, -0.2) is 0 Å². The summed E-state index contributed by atoms with van der Waals surface area (Å²) in [6.45, 7) is 4.70. The largest absolute Gasteiger partial charge is 0.432 e. The van der Waals surface area contributed by atoms with Gasteiger partial charge in [-0.05, 0) is 5.56 Å². The average Bonchev–Trinajstić information content (AvgIpc) is 2.98. The number of benzene rings is 1. The van der Waals surface area contributed by atoms with E-state index in [0.717, 1.165) is 32.7 Å². The Morgan fingerprint density at radius 2 is 1.85 bits per heavy atom. The van der Waals surface area contributed by atoms with Crippen LogP contribution in [-0.2, 0) is 13.2 Å². The molecule has 3 rings (SSSR count). The molecule has 0 atom stereocenters. The Morgan fingerprint density at radius 1 is 1.10 bits per heavy atom. The number of anilines is 1. The predicted octanol–water partition coefficient (Wildman–Crippen LogP) is 1.49. The molecule has 0 bridgehead atoms. The van der Waals surface area contributed by atoms with Crippen molar-refractivity contribution in [2.75, 3.05) is 31.1 Å². The maximum absolute atomic E-state index is 9.01. The van der Waals surface area contributed by atoms with E-state index in [1.54, 1.807) is 0 Å². The van der Waals surface area contributed by atoms with Crippen LogP contribution >= 0.6 is 0 Å². The lowest BCUT2D eigenvalue weighted by atomic mass is 10.2. The van der Waals surface area contributed by atoms with Crippen LogP contribution in [0.4, 0.5) is 6.01 Å². The number of oxazole rings is 1. The van der Waals surface area contributed by atoms with Gasteiger partial charge in [0.1, 0.15) is 12.0 Å². The smallest absolute Gasteiger partial charge is 0.297 e. The predicted molar refractivity (Wildman–Crippen MR) is 76.4 cm³/mol. The van der Waals surface area contributed by atoms with Crippen LogP contribution in [0.3, 0.4) is 0 Å². The highest BCUT2D eigenvalue weighted by molar-refractivity contribution is 5.28. The maximum atomic E-state index is 9.01. The van der Waals surface area contributed by atoms with Gasteiger partial charge in [0.25, 0.3) is 6.01 Å². The Hall–Kier alpha value is -1.85. The molecule has 1 fully saturated rings. The highest BCUT2D eigenvalue weighted by atomic mass is 16.4. The zero-order chi connectivity index (χ0) is 13.8. The van der Waals surface area contributed by atoms with Gasteiger partial charge in [0.15, 0.2) is 0 Å². The summed E-state index contributed by atoms with van der Waals surface area (Å²) in [6, 6.07) is 11.1. The third kappa shape index (κ3) is 3.00. The summed E-state index contributed by atoms with van der Waals surface area (Å²) in [5.74, 6) is 0. The van der Waals surface area contributed by atoms with Crippen molar-refractivity contribution in [3.8, 4) is 0 Å². The van der Waals surface area contributed by atoms with E-state index >= 15 is 0 Å². The monoisotopic (exact) mass is 273 g/mol. The maximum Gasteiger partial charge on any atom is 0.297 e. The molecule has 106 valence electrons. The zero-order valence-corrected chi connectivity index (χ0v) is 11.4. The van der Waals surface area contributed by atoms with Crippen molar-refractivity contribution in [1.82, 2.24) is 9.88 Å². The van der Waals surface area contributed by atoms with E-state index in [1.165, 1.54) is 11.8 Å². The molecular weight excluding hydrogens is 254 g/mol. The number of rotatable bonds is 4. The summed E-state index contributed by atoms with van der Waals surface area (Å²) in [6.07, 6.45) is 1.52. The van der Waals surface area contributed by atoms with Crippen molar-refractivity contribution in [2.24, 2.45) is 0 Å². The molecule has 1 N–H and O–H groups in total. The van der Waals surface area contributed by atoms with Crippen molar-refractivity contribution in [3.63, 3.8) is 0 Å². The molecule has 5 heteroatoms. The lowest BCUT2D eigenvalue weighted by molar-refractivity contribution is 0.245. The van der Waals surface area contributed by atoms with E-state index < -0.39 is 0 Å². The fourth-order valence-corrected chi connectivity index (χ4v) is 2.45. The first-order valence-electron chi connectivity index (χ1n) is 6.91. The van der Waals surface area contributed by atoms with Gasteiger partial charge < -0.3 is 14.4 Å². The van der Waals surface area contributed by atoms with Crippen molar-refractivity contribution in [2.45, 2.75) is 13.2 Å². The molecule has 0 aliphatic carbocycles. The SMILES string of the molecule is OCc1coc(N2CCN(Cc3ccccc3)CC2)n1. The minimum atomic E-state index is -0.0720. The minimum Gasteiger partial charge on any atom is -0.432 e. The number of aliphatic hydroxyl groups excluding tert-OH is 1. The van der Waals surface area contributed by atoms with Crippen LogP contribution in [0.5, 0.6) is 0 Å². The first kappa shape index (κ1) is 13.1. The van der Waals surface area contributed by atoms with Crippen molar-refractivity contribution >= 4 is 6.01 Å². The average molecular weight is 273 g/mol. The van der Waals surface area contributed by atoms with Crippen LogP contribution in [0, 0.1) is 0 Å². The lowest BCUT2D eigenvalue weighted by Crippen LogP contribution is -2.46. The standard InChI is InChI=1S/C15H19N3O2/c19-11-14-12-20-15(16-14)18-8-6-17(7-9-18)10-13-4-2-1-3-5-13/h1-5,12,19H,6-11H2. The third-order valence-electron chi connectivity index (χ3n) is 3.59. The molecule has 0 amide bonds. The normalized spacial score (nSPS) is 16.6. The second-order valence-electron chi connectivity index (χ2n) is 5.03. The highest BCUT2D eigenvalue weighted by Crippen LogP contribution is 2.16. The molecule has 20 heavy (non-hydrogen) atoms. The number of nitrogens with zero attached hydrogens (tertiary/aromatic N) is 3. The minimum absolute atomic E-state index is 0.0720. The Morgan fingerprint density at radius 3 is 2.50 bits per heavy atom. The first-order valence-corrected chi connectivity index (χ1v) is 6.91. The van der Waals surface area contributed by atoms with E-state index in [0.29, 0.717) is 11.7 Å². The van der Waals surface area contributed by atoms with Gasteiger partial charge in [-0.15, -0.1) is 0 Å². The Balaban J connectivity index is 1.54. The van der Waals surface area contributed by atoms with Crippen LogP contribution in [-0.4, -0.2) is 41.2 Å². The molecule has 1 aliphatic rings. The third-order valence-corrected chi connectivity index (χ3v) is 3.59. The van der Waals surface area contributed by atoms with Gasteiger partial charge in [0.05, 0.1) is 6.61 Å². The highest BCUT2D eigenvalue weighted by Gasteiger charge is 2.20. The van der Waals surface area contributed by atoms with Crippen LogP contribution in [0.1, 0.15) is 11.3 Å². The van der Waals surface area contributed by atoms with Crippen LogP contribution in [0.25, 0.3) is 0 Å². The lowest BCUT2D eigenvalue weighted by Gasteiger charge is -2.33. The Labute approximate surface area is 118 Å². The molecule has 0 spiro atoms. The number of hydrogen-bond donors (Lipinski definition) is 1. The summed E-state index contributed by atoms with van der Waals surface area (Å²) in [7, 11) is 0. The van der Waals surface area contributed by atoms with Gasteiger partial charge in [0, 0.05) is 32.7 Å². The Kier molecular flexibility index (Phi) is 3.99. The summed E-state index contributed by atoms with van der Waals surface area (Å²) >= 11 is 0. The van der Waals surface area contributed by atoms with Crippen LogP contribution in [0.2, 0.25) is 0 Å². The molecule has 1 aromatic heterocycles. The molecule has 0 saturated carbocycles. The van der Waals surface area contributed by atoms with Gasteiger partial charge in [-0.3, -0.25) is 4.90 Å². The molecule has 0 unspecified atom stereocenters. The number of aliphatic hydroxyl groups is 1. The van der Waals surface area contributed by atoms with E-state index in [2.05, 4.69) is 39.0 Å². The molecule has 5 nitrogen and oxygen atoms in total. The zero-order valence-electron chi connectivity index (χ0n) is 11.4. The molecule has 1 saturated heterocycles. The number of piperazine rings is 1. The van der Waals surface area contributed by atoms with Gasteiger partial charge in [0.2, 0.25) is 0 Å². The molecule has 1 aromatic carbocycles. The van der Waals surface area contributed by atoms with E-state index in [4.69, 9.17) is 9.52 Å². The summed E-state index contributed by atoms with van der Waals surface area (Å²) in [4.78, 5) is 8.81. The number of aromatic nitrogens is 1. The van der Waals surface area contributed by atoms with Crippen LogP contribution < -0.4 is 4.90 Å².